The van der Waals surface area contributed by atoms with Crippen LogP contribution in [0.1, 0.15) is 65.9 Å². The van der Waals surface area contributed by atoms with Crippen molar-refractivity contribution in [3.05, 3.63) is 93.3 Å². The summed E-state index contributed by atoms with van der Waals surface area (Å²) in [7, 11) is 0. The van der Waals surface area contributed by atoms with E-state index in [4.69, 9.17) is 5.73 Å². The molecular weight excluding hydrogens is 523 g/mol. The quantitative estimate of drug-likeness (QED) is 0.311. The number of hydrogen-bond acceptors (Lipinski definition) is 8. The van der Waals surface area contributed by atoms with Crippen molar-refractivity contribution in [1.29, 1.82) is 5.26 Å². The van der Waals surface area contributed by atoms with Crippen molar-refractivity contribution in [3.8, 4) is 23.3 Å². The van der Waals surface area contributed by atoms with E-state index in [1.807, 2.05) is 22.9 Å². The Hall–Kier alpha value is -4.95. The number of benzene rings is 1. The summed E-state index contributed by atoms with van der Waals surface area (Å²) in [6.45, 7) is -0.483. The van der Waals surface area contributed by atoms with Crippen molar-refractivity contribution in [2.24, 2.45) is 0 Å². The maximum Gasteiger partial charge on any atom is 0.267 e. The zero-order chi connectivity index (χ0) is 28.2. The number of aliphatic hydroxyl groups excluding tert-OH is 1. The van der Waals surface area contributed by atoms with E-state index in [0.717, 1.165) is 36.8 Å². The Morgan fingerprint density at radius 1 is 1.12 bits per heavy atom. The van der Waals surface area contributed by atoms with E-state index >= 15 is 4.39 Å². The van der Waals surface area contributed by atoms with Crippen LogP contribution in [0.15, 0.2) is 53.7 Å². The summed E-state index contributed by atoms with van der Waals surface area (Å²) in [4.78, 5) is 31.0. The molecule has 3 N–H and O–H groups in total. The maximum atomic E-state index is 15.1. The Labute approximate surface area is 233 Å². The molecule has 0 spiro atoms. The number of halogens is 1. The van der Waals surface area contributed by atoms with Gasteiger partial charge < -0.3 is 15.4 Å². The van der Waals surface area contributed by atoms with Crippen molar-refractivity contribution in [2.75, 3.05) is 5.73 Å². The lowest BCUT2D eigenvalue weighted by Gasteiger charge is -2.14. The zero-order valence-electron chi connectivity index (χ0n) is 22.0. The average molecular weight is 549 g/mol. The first-order valence-electron chi connectivity index (χ1n) is 13.5. The van der Waals surface area contributed by atoms with Gasteiger partial charge in [-0.3, -0.25) is 9.36 Å². The minimum atomic E-state index is -0.578. The second kappa shape index (κ2) is 9.60. The molecule has 0 bridgehead atoms. The average Bonchev–Trinajstić information content (AvgIpc) is 3.90. The van der Waals surface area contributed by atoms with Gasteiger partial charge >= 0.3 is 0 Å². The van der Waals surface area contributed by atoms with E-state index in [1.165, 1.54) is 23.0 Å². The van der Waals surface area contributed by atoms with Crippen LogP contribution in [0.5, 0.6) is 0 Å². The van der Waals surface area contributed by atoms with Crippen molar-refractivity contribution in [2.45, 2.75) is 50.7 Å². The van der Waals surface area contributed by atoms with Gasteiger partial charge in [-0.05, 0) is 72.4 Å². The van der Waals surface area contributed by atoms with Crippen LogP contribution in [-0.2, 0) is 13.0 Å². The second-order valence-corrected chi connectivity index (χ2v) is 10.6. The third kappa shape index (κ3) is 4.52. The molecule has 0 atom stereocenters. The number of fused-ring (bicyclic) bond motifs is 1. The molecule has 41 heavy (non-hydrogen) atoms. The number of hydrogen-bond donors (Lipinski definition) is 2. The summed E-state index contributed by atoms with van der Waals surface area (Å²) in [5.74, 6) is 0.504. The molecule has 0 saturated heterocycles. The highest BCUT2D eigenvalue weighted by molar-refractivity contribution is 5.83. The number of rotatable bonds is 7. The van der Waals surface area contributed by atoms with Crippen LogP contribution in [0.25, 0.3) is 28.0 Å². The van der Waals surface area contributed by atoms with E-state index < -0.39 is 18.0 Å². The van der Waals surface area contributed by atoms with Crippen LogP contribution >= 0.6 is 0 Å². The van der Waals surface area contributed by atoms with Crippen LogP contribution < -0.4 is 11.3 Å². The van der Waals surface area contributed by atoms with Crippen molar-refractivity contribution in [3.63, 3.8) is 0 Å². The highest BCUT2D eigenvalue weighted by Gasteiger charge is 2.27. The second-order valence-electron chi connectivity index (χ2n) is 10.6. The van der Waals surface area contributed by atoms with E-state index in [0.29, 0.717) is 40.8 Å². The summed E-state index contributed by atoms with van der Waals surface area (Å²) < 4.78 is 18.4. The van der Waals surface area contributed by atoms with E-state index in [2.05, 4.69) is 26.0 Å². The number of anilines is 1. The van der Waals surface area contributed by atoms with Crippen LogP contribution in [0.4, 0.5) is 10.3 Å². The normalized spacial score (nSPS) is 14.9. The Bertz CT molecular complexity index is 1950. The first-order chi connectivity index (χ1) is 19.9. The van der Waals surface area contributed by atoms with Gasteiger partial charge in [0.1, 0.15) is 29.2 Å². The molecule has 2 aliphatic carbocycles. The molecule has 2 saturated carbocycles. The molecule has 204 valence electrons. The first-order valence-corrected chi connectivity index (χ1v) is 13.5. The predicted molar refractivity (Wildman–Crippen MR) is 149 cm³/mol. The zero-order valence-corrected chi connectivity index (χ0v) is 22.0. The number of nitrogens with zero attached hydrogens (tertiary/aromatic N) is 7. The summed E-state index contributed by atoms with van der Waals surface area (Å²) in [5, 5.41) is 20.4. The third-order valence-electron chi connectivity index (χ3n) is 7.71. The lowest BCUT2D eigenvalue weighted by Crippen LogP contribution is -2.21. The van der Waals surface area contributed by atoms with Gasteiger partial charge in [0.2, 0.25) is 5.95 Å². The fourth-order valence-electron chi connectivity index (χ4n) is 5.42. The molecule has 4 aromatic heterocycles. The summed E-state index contributed by atoms with van der Waals surface area (Å²) in [6.07, 6.45) is 9.43. The van der Waals surface area contributed by atoms with Crippen molar-refractivity contribution in [1.82, 2.24) is 29.1 Å². The highest BCUT2D eigenvalue weighted by atomic mass is 19.1. The summed E-state index contributed by atoms with van der Waals surface area (Å²) in [5.41, 5.74) is 8.54. The Morgan fingerprint density at radius 3 is 2.68 bits per heavy atom. The standard InChI is InChI=1S/C30H25FN8O2/c31-24-12-19(17-1-2-17)11-18-6-8-38(29(41)26(18)24)28-23(15-40)22(5-7-34-28)27-35-25(36-30(33)37-27)10-16-9-21(13-32)39(14-16)20-3-4-20/h5-9,11-12,14,17,20,40H,1-4,10,15H2,(H2,33,35,36,37). The number of nitriles is 1. The Balaban J connectivity index is 1.29. The fraction of sp³-hybridized carbons (Fsp3) is 0.267. The smallest absolute Gasteiger partial charge is 0.267 e. The van der Waals surface area contributed by atoms with Gasteiger partial charge in [0, 0.05) is 42.2 Å². The number of pyridine rings is 2. The van der Waals surface area contributed by atoms with E-state index in [-0.39, 0.29) is 28.5 Å². The van der Waals surface area contributed by atoms with Gasteiger partial charge in [-0.25, -0.2) is 14.4 Å². The van der Waals surface area contributed by atoms with Crippen LogP contribution in [0, 0.1) is 17.1 Å². The van der Waals surface area contributed by atoms with Gasteiger partial charge in [0.15, 0.2) is 5.82 Å². The molecule has 0 radical (unpaired) electrons. The maximum absolute atomic E-state index is 15.1. The van der Waals surface area contributed by atoms with Gasteiger partial charge in [-0.15, -0.1) is 0 Å². The van der Waals surface area contributed by atoms with Crippen LogP contribution in [-0.4, -0.2) is 34.2 Å². The number of aliphatic hydroxyl groups is 1. The number of nitrogens with two attached hydrogens (primary N) is 1. The Morgan fingerprint density at radius 2 is 1.95 bits per heavy atom. The van der Waals surface area contributed by atoms with E-state index in [1.54, 1.807) is 12.1 Å². The largest absolute Gasteiger partial charge is 0.392 e. The topological polar surface area (TPSA) is 149 Å². The molecule has 11 heteroatoms. The molecule has 0 unspecified atom stereocenters. The molecule has 5 aromatic rings. The molecule has 10 nitrogen and oxygen atoms in total. The fourth-order valence-corrected chi connectivity index (χ4v) is 5.42. The van der Waals surface area contributed by atoms with Gasteiger partial charge in [-0.1, -0.05) is 6.07 Å². The van der Waals surface area contributed by atoms with Gasteiger partial charge in [0.25, 0.3) is 5.56 Å². The molecule has 0 amide bonds. The minimum Gasteiger partial charge on any atom is -0.392 e. The third-order valence-corrected chi connectivity index (χ3v) is 7.71. The monoisotopic (exact) mass is 548 g/mol. The number of aromatic nitrogens is 6. The summed E-state index contributed by atoms with van der Waals surface area (Å²) in [6, 6.07) is 11.0. The number of nitrogen functional groups attached to an aromatic ring is 1. The van der Waals surface area contributed by atoms with Gasteiger partial charge in [0.05, 0.1) is 12.0 Å². The van der Waals surface area contributed by atoms with Crippen LogP contribution in [0.2, 0.25) is 0 Å². The molecule has 2 aliphatic rings. The molecule has 1 aromatic carbocycles. The molecule has 7 rings (SSSR count). The minimum absolute atomic E-state index is 0.00852. The van der Waals surface area contributed by atoms with Crippen molar-refractivity contribution < 1.29 is 9.50 Å². The molecule has 2 fully saturated rings. The lowest BCUT2D eigenvalue weighted by atomic mass is 10.0. The lowest BCUT2D eigenvalue weighted by molar-refractivity contribution is 0.281. The van der Waals surface area contributed by atoms with Gasteiger partial charge in [-0.2, -0.15) is 15.2 Å². The highest BCUT2D eigenvalue weighted by Crippen LogP contribution is 2.41. The first kappa shape index (κ1) is 25.0. The summed E-state index contributed by atoms with van der Waals surface area (Å²) >= 11 is 0. The Kier molecular flexibility index (Phi) is 5.87. The molecule has 4 heterocycles. The molecule has 0 aliphatic heterocycles. The van der Waals surface area contributed by atoms with Crippen molar-refractivity contribution >= 4 is 16.7 Å². The molecular formula is C30H25FN8O2. The van der Waals surface area contributed by atoms with E-state index in [9.17, 15) is 15.2 Å². The SMILES string of the molecule is N#Cc1cc(Cc2nc(N)nc(-c3ccnc(-n4ccc5cc(C6CC6)cc(F)c5c4=O)c3CO)n2)cn1C1CC1. The van der Waals surface area contributed by atoms with Crippen LogP contribution in [0.3, 0.4) is 0 Å². The predicted octanol–water partition coefficient (Wildman–Crippen LogP) is 3.93.